The number of nitrogens with zero attached hydrogens (tertiary/aromatic N) is 3. The zero-order valence-corrected chi connectivity index (χ0v) is 12.6. The second kappa shape index (κ2) is 5.58. The average Bonchev–Trinajstić information content (AvgIpc) is 2.86. The summed E-state index contributed by atoms with van der Waals surface area (Å²) < 4.78 is 7.47. The molecule has 0 atom stereocenters. The van der Waals surface area contributed by atoms with Crippen molar-refractivity contribution < 1.29 is 4.74 Å². The van der Waals surface area contributed by atoms with Crippen LogP contribution in [0.5, 0.6) is 5.75 Å². The lowest BCUT2D eigenvalue weighted by atomic mass is 10.1. The summed E-state index contributed by atoms with van der Waals surface area (Å²) in [7, 11) is 5.82. The summed E-state index contributed by atoms with van der Waals surface area (Å²) in [6.07, 6.45) is 2.06. The highest BCUT2D eigenvalue weighted by Crippen LogP contribution is 2.27. The van der Waals surface area contributed by atoms with Crippen LogP contribution in [-0.4, -0.2) is 35.5 Å². The number of benzene rings is 1. The molecule has 4 nitrogen and oxygen atoms in total. The Bertz CT molecular complexity index is 762. The van der Waals surface area contributed by atoms with E-state index in [1.807, 2.05) is 36.4 Å². The third kappa shape index (κ3) is 2.62. The van der Waals surface area contributed by atoms with Crippen molar-refractivity contribution in [1.82, 2.24) is 14.3 Å². The molecule has 0 aliphatic carbocycles. The molecule has 1 aromatic carbocycles. The second-order valence-electron chi connectivity index (χ2n) is 5.31. The number of methoxy groups -OCH3 is 1. The lowest BCUT2D eigenvalue weighted by Gasteiger charge is -2.11. The standard InChI is InChI=1S/C17H19N3O/c1-19(2)12-15-17(13-7-6-8-14(11-13)21-3)18-16-9-4-5-10-20(15)16/h4-11H,12H2,1-3H3. The van der Waals surface area contributed by atoms with Crippen molar-refractivity contribution in [3.63, 3.8) is 0 Å². The molecule has 2 heterocycles. The van der Waals surface area contributed by atoms with Crippen molar-refractivity contribution in [2.75, 3.05) is 21.2 Å². The van der Waals surface area contributed by atoms with Gasteiger partial charge in [0.2, 0.25) is 0 Å². The predicted octanol–water partition coefficient (Wildman–Crippen LogP) is 3.07. The number of ether oxygens (including phenoxy) is 1. The molecule has 0 radical (unpaired) electrons. The van der Waals surface area contributed by atoms with Crippen molar-refractivity contribution in [3.05, 3.63) is 54.4 Å². The summed E-state index contributed by atoms with van der Waals surface area (Å²) in [4.78, 5) is 6.95. The second-order valence-corrected chi connectivity index (χ2v) is 5.31. The average molecular weight is 281 g/mol. The lowest BCUT2D eigenvalue weighted by molar-refractivity contribution is 0.396. The zero-order valence-electron chi connectivity index (χ0n) is 12.6. The van der Waals surface area contributed by atoms with Crippen LogP contribution in [0.4, 0.5) is 0 Å². The normalized spacial score (nSPS) is 11.2. The molecule has 21 heavy (non-hydrogen) atoms. The summed E-state index contributed by atoms with van der Waals surface area (Å²) >= 11 is 0. The highest BCUT2D eigenvalue weighted by Gasteiger charge is 2.14. The van der Waals surface area contributed by atoms with E-state index in [9.17, 15) is 0 Å². The Morgan fingerprint density at radius 2 is 2.00 bits per heavy atom. The third-order valence-corrected chi connectivity index (χ3v) is 3.44. The number of imidazole rings is 1. The maximum atomic E-state index is 5.33. The van der Waals surface area contributed by atoms with E-state index in [0.29, 0.717) is 0 Å². The minimum Gasteiger partial charge on any atom is -0.497 e. The molecule has 0 fully saturated rings. The number of hydrogen-bond donors (Lipinski definition) is 0. The summed E-state index contributed by atoms with van der Waals surface area (Å²) in [6.45, 7) is 0.831. The molecule has 0 aliphatic rings. The van der Waals surface area contributed by atoms with E-state index >= 15 is 0 Å². The molecule has 0 bridgehead atoms. The van der Waals surface area contributed by atoms with Crippen LogP contribution >= 0.6 is 0 Å². The molecule has 0 unspecified atom stereocenters. The van der Waals surface area contributed by atoms with Crippen LogP contribution in [0, 0.1) is 0 Å². The highest BCUT2D eigenvalue weighted by atomic mass is 16.5. The van der Waals surface area contributed by atoms with Crippen LogP contribution in [0.1, 0.15) is 5.69 Å². The minimum absolute atomic E-state index is 0.831. The van der Waals surface area contributed by atoms with Gasteiger partial charge in [0, 0.05) is 18.3 Å². The van der Waals surface area contributed by atoms with Gasteiger partial charge in [-0.1, -0.05) is 18.2 Å². The van der Waals surface area contributed by atoms with Gasteiger partial charge in [0.25, 0.3) is 0 Å². The van der Waals surface area contributed by atoms with E-state index in [-0.39, 0.29) is 0 Å². The number of aromatic nitrogens is 2. The zero-order chi connectivity index (χ0) is 14.8. The van der Waals surface area contributed by atoms with Gasteiger partial charge in [0.15, 0.2) is 0 Å². The van der Waals surface area contributed by atoms with Gasteiger partial charge in [-0.15, -0.1) is 0 Å². The van der Waals surface area contributed by atoms with Crippen molar-refractivity contribution in [2.24, 2.45) is 0 Å². The van der Waals surface area contributed by atoms with Gasteiger partial charge in [0.1, 0.15) is 11.4 Å². The molecular weight excluding hydrogens is 262 g/mol. The molecule has 4 heteroatoms. The van der Waals surface area contributed by atoms with E-state index < -0.39 is 0 Å². The molecule has 3 aromatic rings. The Kier molecular flexibility index (Phi) is 3.62. The van der Waals surface area contributed by atoms with E-state index in [0.717, 1.165) is 29.2 Å². The first-order chi connectivity index (χ1) is 10.2. The van der Waals surface area contributed by atoms with Gasteiger partial charge >= 0.3 is 0 Å². The number of fused-ring (bicyclic) bond motifs is 1. The number of hydrogen-bond acceptors (Lipinski definition) is 3. The molecule has 0 N–H and O–H groups in total. The fraction of sp³-hybridized carbons (Fsp3) is 0.235. The molecule has 0 aliphatic heterocycles. The number of rotatable bonds is 4. The molecule has 0 amide bonds. The Morgan fingerprint density at radius 3 is 2.76 bits per heavy atom. The molecule has 0 saturated carbocycles. The summed E-state index contributed by atoms with van der Waals surface area (Å²) in [5, 5.41) is 0. The van der Waals surface area contributed by atoms with Crippen LogP contribution in [0.2, 0.25) is 0 Å². The number of pyridine rings is 1. The fourth-order valence-electron chi connectivity index (χ4n) is 2.50. The van der Waals surface area contributed by atoms with Crippen molar-refractivity contribution >= 4 is 5.65 Å². The molecule has 0 spiro atoms. The summed E-state index contributed by atoms with van der Waals surface area (Å²) in [5.41, 5.74) is 4.24. The van der Waals surface area contributed by atoms with Crippen LogP contribution in [-0.2, 0) is 6.54 Å². The first-order valence-corrected chi connectivity index (χ1v) is 6.94. The minimum atomic E-state index is 0.831. The van der Waals surface area contributed by atoms with Gasteiger partial charge in [0.05, 0.1) is 18.5 Å². The summed E-state index contributed by atoms with van der Waals surface area (Å²) in [5.74, 6) is 0.848. The maximum Gasteiger partial charge on any atom is 0.137 e. The van der Waals surface area contributed by atoms with Gasteiger partial charge in [-0.3, -0.25) is 0 Å². The summed E-state index contributed by atoms with van der Waals surface area (Å²) in [6, 6.07) is 14.1. The van der Waals surface area contributed by atoms with Crippen molar-refractivity contribution in [3.8, 4) is 17.0 Å². The smallest absolute Gasteiger partial charge is 0.137 e. The van der Waals surface area contributed by atoms with Crippen LogP contribution in [0.3, 0.4) is 0 Å². The monoisotopic (exact) mass is 281 g/mol. The third-order valence-electron chi connectivity index (χ3n) is 3.44. The van der Waals surface area contributed by atoms with Crippen LogP contribution in [0.15, 0.2) is 48.7 Å². The predicted molar refractivity (Wildman–Crippen MR) is 84.6 cm³/mol. The van der Waals surface area contributed by atoms with E-state index in [2.05, 4.69) is 35.7 Å². The molecule has 0 saturated heterocycles. The van der Waals surface area contributed by atoms with Gasteiger partial charge in [-0.05, 0) is 38.4 Å². The van der Waals surface area contributed by atoms with Crippen LogP contribution in [0.25, 0.3) is 16.9 Å². The first kappa shape index (κ1) is 13.6. The lowest BCUT2D eigenvalue weighted by Crippen LogP contribution is -2.13. The SMILES string of the molecule is COc1cccc(-c2nc3ccccn3c2CN(C)C)c1. The Labute approximate surface area is 124 Å². The topological polar surface area (TPSA) is 29.8 Å². The largest absolute Gasteiger partial charge is 0.497 e. The van der Waals surface area contributed by atoms with Crippen molar-refractivity contribution in [2.45, 2.75) is 6.54 Å². The maximum absolute atomic E-state index is 5.33. The fourth-order valence-corrected chi connectivity index (χ4v) is 2.50. The molecular formula is C17H19N3O. The van der Waals surface area contributed by atoms with Crippen molar-refractivity contribution in [1.29, 1.82) is 0 Å². The molecule has 2 aromatic heterocycles. The van der Waals surface area contributed by atoms with Gasteiger partial charge < -0.3 is 14.0 Å². The van der Waals surface area contributed by atoms with E-state index in [1.54, 1.807) is 7.11 Å². The van der Waals surface area contributed by atoms with Gasteiger partial charge in [-0.25, -0.2) is 4.98 Å². The van der Waals surface area contributed by atoms with E-state index in [4.69, 9.17) is 9.72 Å². The van der Waals surface area contributed by atoms with Gasteiger partial charge in [-0.2, -0.15) is 0 Å². The Morgan fingerprint density at radius 1 is 1.14 bits per heavy atom. The quantitative estimate of drug-likeness (QED) is 0.736. The first-order valence-electron chi connectivity index (χ1n) is 6.94. The Balaban J connectivity index is 2.20. The van der Waals surface area contributed by atoms with Crippen LogP contribution < -0.4 is 4.74 Å². The van der Waals surface area contributed by atoms with E-state index in [1.165, 1.54) is 5.69 Å². The molecule has 3 rings (SSSR count). The Hall–Kier alpha value is -2.33. The molecule has 108 valence electrons. The highest BCUT2D eigenvalue weighted by molar-refractivity contribution is 5.67.